The van der Waals surface area contributed by atoms with Crippen molar-refractivity contribution in [1.29, 1.82) is 0 Å². The molecule has 0 aromatic heterocycles. The number of hydrogen-bond donors (Lipinski definition) is 0. The van der Waals surface area contributed by atoms with Gasteiger partial charge in [0, 0.05) is 11.0 Å². The third-order valence-corrected chi connectivity index (χ3v) is 2.40. The van der Waals surface area contributed by atoms with Crippen LogP contribution in [-0.2, 0) is 0 Å². The lowest BCUT2D eigenvalue weighted by Gasteiger charge is -2.03. The van der Waals surface area contributed by atoms with Gasteiger partial charge in [-0.1, -0.05) is 19.9 Å². The van der Waals surface area contributed by atoms with E-state index < -0.39 is 0 Å². The standard InChI is InChI=1S/C7H14S/c1-4-6-8-7(3)5-2/h4,7H,1,5-6H2,2-3H3/t7-/m1/s1. The van der Waals surface area contributed by atoms with E-state index in [1.54, 1.807) is 0 Å². The Hall–Kier alpha value is 0.0900. The molecule has 0 spiro atoms. The molecule has 0 aliphatic heterocycles. The van der Waals surface area contributed by atoms with E-state index in [4.69, 9.17) is 0 Å². The van der Waals surface area contributed by atoms with Crippen molar-refractivity contribution in [3.8, 4) is 0 Å². The summed E-state index contributed by atoms with van der Waals surface area (Å²) in [4.78, 5) is 0. The minimum absolute atomic E-state index is 0.799. The Morgan fingerprint density at radius 1 is 1.75 bits per heavy atom. The van der Waals surface area contributed by atoms with Crippen LogP contribution in [0.1, 0.15) is 20.3 Å². The zero-order valence-corrected chi connectivity index (χ0v) is 6.50. The lowest BCUT2D eigenvalue weighted by atomic mass is 10.4. The summed E-state index contributed by atoms with van der Waals surface area (Å²) in [6.45, 7) is 8.10. The van der Waals surface area contributed by atoms with Crippen LogP contribution in [0, 0.1) is 0 Å². The average Bonchev–Trinajstić information content (AvgIpc) is 1.83. The van der Waals surface area contributed by atoms with Crippen molar-refractivity contribution in [2.24, 2.45) is 0 Å². The topological polar surface area (TPSA) is 0 Å². The van der Waals surface area contributed by atoms with E-state index in [0.29, 0.717) is 0 Å². The molecule has 0 saturated carbocycles. The van der Waals surface area contributed by atoms with Gasteiger partial charge in [0.15, 0.2) is 0 Å². The van der Waals surface area contributed by atoms with Crippen molar-refractivity contribution in [1.82, 2.24) is 0 Å². The van der Waals surface area contributed by atoms with E-state index in [1.165, 1.54) is 6.42 Å². The molecular formula is C7H14S. The van der Waals surface area contributed by atoms with Gasteiger partial charge in [0.1, 0.15) is 0 Å². The first-order valence-electron chi connectivity index (χ1n) is 3.03. The highest BCUT2D eigenvalue weighted by Gasteiger charge is 1.93. The molecule has 0 fully saturated rings. The summed E-state index contributed by atoms with van der Waals surface area (Å²) in [6.07, 6.45) is 3.22. The van der Waals surface area contributed by atoms with Crippen molar-refractivity contribution < 1.29 is 0 Å². The van der Waals surface area contributed by atoms with Gasteiger partial charge in [0.05, 0.1) is 0 Å². The van der Waals surface area contributed by atoms with E-state index in [0.717, 1.165) is 11.0 Å². The van der Waals surface area contributed by atoms with Crippen LogP contribution in [0.15, 0.2) is 12.7 Å². The fraction of sp³-hybridized carbons (Fsp3) is 0.714. The monoisotopic (exact) mass is 130 g/mol. The van der Waals surface area contributed by atoms with E-state index in [-0.39, 0.29) is 0 Å². The van der Waals surface area contributed by atoms with Gasteiger partial charge in [-0.25, -0.2) is 0 Å². The molecule has 48 valence electrons. The maximum absolute atomic E-state index is 3.65. The molecule has 0 aromatic rings. The molecule has 0 bridgehead atoms. The lowest BCUT2D eigenvalue weighted by molar-refractivity contribution is 0.907. The molecular weight excluding hydrogens is 116 g/mol. The van der Waals surface area contributed by atoms with Crippen LogP contribution in [-0.4, -0.2) is 11.0 Å². The van der Waals surface area contributed by atoms with Crippen LogP contribution >= 0.6 is 11.8 Å². The highest BCUT2D eigenvalue weighted by molar-refractivity contribution is 8.00. The molecule has 0 aliphatic carbocycles. The Balaban J connectivity index is 2.97. The first kappa shape index (κ1) is 8.09. The summed E-state index contributed by atoms with van der Waals surface area (Å²) in [6, 6.07) is 0. The zero-order valence-electron chi connectivity index (χ0n) is 5.68. The molecule has 0 amide bonds. The van der Waals surface area contributed by atoms with Crippen LogP contribution in [0.3, 0.4) is 0 Å². The van der Waals surface area contributed by atoms with Crippen molar-refractivity contribution in [2.45, 2.75) is 25.5 Å². The quantitative estimate of drug-likeness (QED) is 0.527. The number of thioether (sulfide) groups is 1. The Morgan fingerprint density at radius 2 is 2.38 bits per heavy atom. The van der Waals surface area contributed by atoms with Gasteiger partial charge in [-0.05, 0) is 6.42 Å². The zero-order chi connectivity index (χ0) is 6.41. The molecule has 0 N–H and O–H groups in total. The van der Waals surface area contributed by atoms with E-state index in [1.807, 2.05) is 17.8 Å². The predicted molar refractivity (Wildman–Crippen MR) is 42.4 cm³/mol. The molecule has 8 heavy (non-hydrogen) atoms. The summed E-state index contributed by atoms with van der Waals surface area (Å²) < 4.78 is 0. The SMILES string of the molecule is C=CCS[C@H](C)CC. The maximum Gasteiger partial charge on any atom is 0.0113 e. The summed E-state index contributed by atoms with van der Waals surface area (Å²) in [5.74, 6) is 1.09. The Morgan fingerprint density at radius 3 is 2.75 bits per heavy atom. The van der Waals surface area contributed by atoms with E-state index in [9.17, 15) is 0 Å². The van der Waals surface area contributed by atoms with E-state index in [2.05, 4.69) is 20.4 Å². The van der Waals surface area contributed by atoms with Crippen molar-refractivity contribution in [3.05, 3.63) is 12.7 Å². The van der Waals surface area contributed by atoms with Crippen LogP contribution < -0.4 is 0 Å². The molecule has 0 unspecified atom stereocenters. The third-order valence-electron chi connectivity index (χ3n) is 1.07. The van der Waals surface area contributed by atoms with Crippen LogP contribution in [0.5, 0.6) is 0 Å². The minimum Gasteiger partial charge on any atom is -0.155 e. The largest absolute Gasteiger partial charge is 0.155 e. The molecule has 0 rings (SSSR count). The molecule has 1 atom stereocenters. The second-order valence-corrected chi connectivity index (χ2v) is 3.31. The van der Waals surface area contributed by atoms with Crippen LogP contribution in [0.2, 0.25) is 0 Å². The summed E-state index contributed by atoms with van der Waals surface area (Å²) in [7, 11) is 0. The molecule has 1 heteroatoms. The van der Waals surface area contributed by atoms with Gasteiger partial charge >= 0.3 is 0 Å². The van der Waals surface area contributed by atoms with Gasteiger partial charge in [0.2, 0.25) is 0 Å². The van der Waals surface area contributed by atoms with E-state index >= 15 is 0 Å². The highest BCUT2D eigenvalue weighted by Crippen LogP contribution is 2.12. The van der Waals surface area contributed by atoms with Gasteiger partial charge in [-0.3, -0.25) is 0 Å². The maximum atomic E-state index is 3.65. The molecule has 0 aromatic carbocycles. The Kier molecular flexibility index (Phi) is 5.29. The average molecular weight is 130 g/mol. The summed E-state index contributed by atoms with van der Waals surface area (Å²) in [5, 5.41) is 0.799. The van der Waals surface area contributed by atoms with Gasteiger partial charge in [0.25, 0.3) is 0 Å². The molecule has 0 radical (unpaired) electrons. The fourth-order valence-electron chi connectivity index (χ4n) is 0.350. The van der Waals surface area contributed by atoms with Gasteiger partial charge < -0.3 is 0 Å². The van der Waals surface area contributed by atoms with Gasteiger partial charge in [-0.2, -0.15) is 11.8 Å². The van der Waals surface area contributed by atoms with Crippen LogP contribution in [0.25, 0.3) is 0 Å². The highest BCUT2D eigenvalue weighted by atomic mass is 32.2. The normalized spacial score (nSPS) is 13.2. The lowest BCUT2D eigenvalue weighted by Crippen LogP contribution is -1.91. The molecule has 0 heterocycles. The fourth-order valence-corrected chi connectivity index (χ4v) is 1.05. The predicted octanol–water partition coefficient (Wildman–Crippen LogP) is 2.70. The third kappa shape index (κ3) is 4.25. The first-order valence-corrected chi connectivity index (χ1v) is 4.08. The summed E-state index contributed by atoms with van der Waals surface area (Å²) >= 11 is 1.96. The second-order valence-electron chi connectivity index (χ2n) is 1.84. The number of hydrogen-bond acceptors (Lipinski definition) is 1. The van der Waals surface area contributed by atoms with Crippen molar-refractivity contribution >= 4 is 11.8 Å². The van der Waals surface area contributed by atoms with Crippen LogP contribution in [0.4, 0.5) is 0 Å². The summed E-state index contributed by atoms with van der Waals surface area (Å²) in [5.41, 5.74) is 0. The second kappa shape index (κ2) is 5.23. The minimum atomic E-state index is 0.799. The molecule has 0 aliphatic rings. The first-order chi connectivity index (χ1) is 3.81. The smallest absolute Gasteiger partial charge is 0.0113 e. The Labute approximate surface area is 56.4 Å². The molecule has 0 nitrogen and oxygen atoms in total. The molecule has 0 saturated heterocycles. The number of rotatable bonds is 4. The van der Waals surface area contributed by atoms with Crippen molar-refractivity contribution in [2.75, 3.05) is 5.75 Å². The van der Waals surface area contributed by atoms with Gasteiger partial charge in [-0.15, -0.1) is 6.58 Å². The van der Waals surface area contributed by atoms with Crippen molar-refractivity contribution in [3.63, 3.8) is 0 Å². The Bertz CT molecular complexity index is 59.4.